The quantitative estimate of drug-likeness (QED) is 0.167. The van der Waals surface area contributed by atoms with Crippen LogP contribution in [0.2, 0.25) is 0 Å². The molecule has 0 radical (unpaired) electrons. The number of likely N-dealkylation sites (tertiary alicyclic amines) is 1. The number of hydrogen-bond acceptors (Lipinski definition) is 2. The van der Waals surface area contributed by atoms with E-state index in [1.165, 1.54) is 118 Å². The smallest absolute Gasteiger partial charge is 0.0189 e. The Morgan fingerprint density at radius 3 is 1.76 bits per heavy atom. The summed E-state index contributed by atoms with van der Waals surface area (Å²) in [5.74, 6) is 1.47. The minimum absolute atomic E-state index is 0.672. The van der Waals surface area contributed by atoms with Gasteiger partial charge in [0.2, 0.25) is 0 Å². The topological polar surface area (TPSA) is 15.3 Å². The Bertz CT molecular complexity index is 912. The van der Waals surface area contributed by atoms with Gasteiger partial charge >= 0.3 is 0 Å². The van der Waals surface area contributed by atoms with Crippen LogP contribution in [0.1, 0.15) is 133 Å². The number of piperidine rings is 1. The van der Waals surface area contributed by atoms with Gasteiger partial charge in [0.25, 0.3) is 0 Å². The first kappa shape index (κ1) is 44.5. The predicted octanol–water partition coefficient (Wildman–Crippen LogP) is 12.8. The second-order valence-electron chi connectivity index (χ2n) is 12.7. The van der Waals surface area contributed by atoms with Gasteiger partial charge in [-0.25, -0.2) is 0 Å². The molecule has 1 heterocycles. The summed E-state index contributed by atoms with van der Waals surface area (Å²) in [5.41, 5.74) is 6.89. The van der Waals surface area contributed by atoms with E-state index in [0.29, 0.717) is 12.0 Å². The first-order chi connectivity index (χ1) is 21.7. The van der Waals surface area contributed by atoms with Crippen molar-refractivity contribution in [2.45, 2.75) is 137 Å². The van der Waals surface area contributed by atoms with Gasteiger partial charge in [0.15, 0.2) is 0 Å². The maximum absolute atomic E-state index is 4.36. The third-order valence-electron chi connectivity index (χ3n) is 8.65. The highest BCUT2D eigenvalue weighted by atomic mass is 15.1. The van der Waals surface area contributed by atoms with Crippen LogP contribution in [0.15, 0.2) is 87.1 Å². The van der Waals surface area contributed by atoms with Gasteiger partial charge in [-0.1, -0.05) is 144 Å². The molecule has 0 aromatic heterocycles. The molecular weight excluding hydrogens is 544 g/mol. The molecule has 1 fully saturated rings. The van der Waals surface area contributed by atoms with Gasteiger partial charge in [-0.3, -0.25) is 0 Å². The molecular formula is C43H74N2. The molecule has 2 nitrogen and oxygen atoms in total. The second-order valence-corrected chi connectivity index (χ2v) is 12.7. The van der Waals surface area contributed by atoms with Crippen molar-refractivity contribution < 1.29 is 0 Å². The molecule has 0 bridgehead atoms. The lowest BCUT2D eigenvalue weighted by atomic mass is 9.91. The fraction of sp³-hybridized carbons (Fsp3) is 0.581. The summed E-state index contributed by atoms with van der Waals surface area (Å²) in [6.45, 7) is 34.4. The SMILES string of the molecule is C=C.C=C.C=C(CC[C@H](C)CCC[C@H](C)c1cccc(C)c1)N1CCC(NC)CC1.CCCCCCC.Cc1ccc(C)cc1. The zero-order chi connectivity index (χ0) is 34.5. The monoisotopic (exact) mass is 619 g/mol. The van der Waals surface area contributed by atoms with Gasteiger partial charge < -0.3 is 10.2 Å². The number of unbranched alkanes of at least 4 members (excludes halogenated alkanes) is 4. The average Bonchev–Trinajstić information content (AvgIpc) is 3.07. The molecule has 0 aliphatic carbocycles. The van der Waals surface area contributed by atoms with Crippen molar-refractivity contribution in [1.29, 1.82) is 0 Å². The fourth-order valence-electron chi connectivity index (χ4n) is 5.43. The first-order valence-corrected chi connectivity index (χ1v) is 17.9. The molecule has 45 heavy (non-hydrogen) atoms. The average molecular weight is 619 g/mol. The van der Waals surface area contributed by atoms with Gasteiger partial charge in [-0.05, 0) is 77.3 Å². The van der Waals surface area contributed by atoms with Gasteiger partial charge in [0.1, 0.15) is 0 Å². The molecule has 1 aliphatic heterocycles. The van der Waals surface area contributed by atoms with E-state index in [0.717, 1.165) is 5.92 Å². The van der Waals surface area contributed by atoms with Crippen molar-refractivity contribution in [3.05, 3.63) is 109 Å². The minimum Gasteiger partial charge on any atom is -0.375 e. The molecule has 0 unspecified atom stereocenters. The van der Waals surface area contributed by atoms with E-state index in [1.807, 2.05) is 0 Å². The number of nitrogens with one attached hydrogen (secondary N) is 1. The van der Waals surface area contributed by atoms with Gasteiger partial charge in [0.05, 0.1) is 0 Å². The molecule has 1 N–H and O–H groups in total. The van der Waals surface area contributed by atoms with Crippen molar-refractivity contribution in [3.8, 4) is 0 Å². The van der Waals surface area contributed by atoms with E-state index in [1.54, 1.807) is 0 Å². The minimum atomic E-state index is 0.672. The Labute approximate surface area is 282 Å². The van der Waals surface area contributed by atoms with Crippen molar-refractivity contribution in [1.82, 2.24) is 10.2 Å². The summed E-state index contributed by atoms with van der Waals surface area (Å²) >= 11 is 0. The van der Waals surface area contributed by atoms with Crippen molar-refractivity contribution in [2.24, 2.45) is 5.92 Å². The standard InChI is InChI=1S/C24H40N2.C8H10.C7H16.2C2H4/c1-19(8-6-10-21(3)23-11-7-9-20(2)18-23)12-13-22(4)26-16-14-24(25-5)15-17-26;1-7-3-5-8(2)6-4-7;1-3-5-7-6-4-2;2*1-2/h7,9,11,18-19,21,24-25H,4,6,8,10,12-17H2,1-3,5H3;3-6H,1-2H3;3-7H2,1-2H3;2*1-2H2/t19-,21+;;;;/m1..../s1. The van der Waals surface area contributed by atoms with E-state index in [-0.39, 0.29) is 0 Å². The van der Waals surface area contributed by atoms with Crippen molar-refractivity contribution in [2.75, 3.05) is 20.1 Å². The lowest BCUT2D eigenvalue weighted by molar-refractivity contribution is 0.238. The molecule has 2 aromatic carbocycles. The van der Waals surface area contributed by atoms with E-state index < -0.39 is 0 Å². The molecule has 0 amide bonds. The van der Waals surface area contributed by atoms with Crippen LogP contribution in [0.3, 0.4) is 0 Å². The van der Waals surface area contributed by atoms with Crippen LogP contribution in [-0.2, 0) is 0 Å². The van der Waals surface area contributed by atoms with Crippen molar-refractivity contribution >= 4 is 0 Å². The van der Waals surface area contributed by atoms with E-state index in [2.05, 4.69) is 147 Å². The lowest BCUT2D eigenvalue weighted by Gasteiger charge is -2.35. The van der Waals surface area contributed by atoms with Gasteiger partial charge in [-0.15, -0.1) is 26.3 Å². The molecule has 2 aromatic rings. The number of aryl methyl sites for hydroxylation is 3. The van der Waals surface area contributed by atoms with Crippen LogP contribution >= 0.6 is 0 Å². The zero-order valence-corrected chi connectivity index (χ0v) is 31.2. The predicted molar refractivity (Wildman–Crippen MR) is 207 cm³/mol. The van der Waals surface area contributed by atoms with E-state index >= 15 is 0 Å². The van der Waals surface area contributed by atoms with E-state index in [9.17, 15) is 0 Å². The second kappa shape index (κ2) is 30.1. The number of allylic oxidation sites excluding steroid dienone is 1. The highest BCUT2D eigenvalue weighted by molar-refractivity contribution is 5.25. The molecule has 3 rings (SSSR count). The largest absolute Gasteiger partial charge is 0.375 e. The van der Waals surface area contributed by atoms with Crippen LogP contribution in [0.25, 0.3) is 0 Å². The summed E-state index contributed by atoms with van der Waals surface area (Å²) in [5, 5.41) is 3.40. The lowest BCUT2D eigenvalue weighted by Crippen LogP contribution is -2.40. The Kier molecular flexibility index (Phi) is 29.8. The Hall–Kier alpha value is -2.58. The third-order valence-corrected chi connectivity index (χ3v) is 8.65. The fourth-order valence-corrected chi connectivity index (χ4v) is 5.43. The highest BCUT2D eigenvalue weighted by Gasteiger charge is 2.18. The number of hydrogen-bond donors (Lipinski definition) is 1. The number of nitrogens with zero attached hydrogens (tertiary/aromatic N) is 1. The first-order valence-electron chi connectivity index (χ1n) is 17.9. The van der Waals surface area contributed by atoms with Crippen molar-refractivity contribution in [3.63, 3.8) is 0 Å². The van der Waals surface area contributed by atoms with Gasteiger partial charge in [0, 0.05) is 24.8 Å². The van der Waals surface area contributed by atoms with Crippen LogP contribution in [0.5, 0.6) is 0 Å². The summed E-state index contributed by atoms with van der Waals surface area (Å²) in [6.07, 6.45) is 15.9. The molecule has 2 atom stereocenters. The van der Waals surface area contributed by atoms with Crippen LogP contribution in [0, 0.1) is 26.7 Å². The third kappa shape index (κ3) is 23.4. The Morgan fingerprint density at radius 2 is 1.29 bits per heavy atom. The summed E-state index contributed by atoms with van der Waals surface area (Å²) in [4.78, 5) is 2.51. The molecule has 1 saturated heterocycles. The number of rotatable bonds is 14. The zero-order valence-electron chi connectivity index (χ0n) is 31.2. The van der Waals surface area contributed by atoms with Crippen LogP contribution < -0.4 is 5.32 Å². The highest BCUT2D eigenvalue weighted by Crippen LogP contribution is 2.26. The van der Waals surface area contributed by atoms with Gasteiger partial charge in [-0.2, -0.15) is 0 Å². The molecule has 0 spiro atoms. The summed E-state index contributed by atoms with van der Waals surface area (Å²) < 4.78 is 0. The van der Waals surface area contributed by atoms with Crippen LogP contribution in [0.4, 0.5) is 0 Å². The molecule has 0 saturated carbocycles. The maximum atomic E-state index is 4.36. The maximum Gasteiger partial charge on any atom is 0.0189 e. The molecule has 1 aliphatic rings. The molecule has 2 heteroatoms. The summed E-state index contributed by atoms with van der Waals surface area (Å²) in [6, 6.07) is 18.2. The summed E-state index contributed by atoms with van der Waals surface area (Å²) in [7, 11) is 2.08. The number of benzene rings is 2. The Morgan fingerprint density at radius 1 is 0.756 bits per heavy atom. The Balaban J connectivity index is 0. The van der Waals surface area contributed by atoms with Crippen LogP contribution in [-0.4, -0.2) is 31.1 Å². The van der Waals surface area contributed by atoms with E-state index in [4.69, 9.17) is 0 Å². The normalized spacial score (nSPS) is 13.6. The molecule has 256 valence electrons.